The predicted molar refractivity (Wildman–Crippen MR) is 50.6 cm³/mol. The van der Waals surface area contributed by atoms with Gasteiger partial charge >= 0.3 is 0 Å². The Kier molecular flexibility index (Phi) is 4.39. The van der Waals surface area contributed by atoms with Crippen LogP contribution in [-0.2, 0) is 0 Å². The lowest BCUT2D eigenvalue weighted by Crippen LogP contribution is -2.20. The average molecular weight is 258 g/mol. The van der Waals surface area contributed by atoms with Crippen LogP contribution in [0.3, 0.4) is 0 Å². The minimum absolute atomic E-state index is 0.397. The van der Waals surface area contributed by atoms with Crippen LogP contribution < -0.4 is 0 Å². The molecule has 0 aliphatic rings. The van der Waals surface area contributed by atoms with Crippen LogP contribution in [0, 0.1) is 5.41 Å². The Balaban J connectivity index is 3.59. The Morgan fingerprint density at radius 3 is 1.89 bits per heavy atom. The minimum atomic E-state index is 0.397. The van der Waals surface area contributed by atoms with Crippen molar-refractivity contribution in [1.29, 1.82) is 0 Å². The van der Waals surface area contributed by atoms with Crippen molar-refractivity contribution < 1.29 is 0 Å². The van der Waals surface area contributed by atoms with E-state index in [4.69, 9.17) is 0 Å². The van der Waals surface area contributed by atoms with Gasteiger partial charge in [0.25, 0.3) is 0 Å². The highest BCUT2D eigenvalue weighted by Gasteiger charge is 2.20. The van der Waals surface area contributed by atoms with Crippen molar-refractivity contribution in [2.24, 2.45) is 5.41 Å². The first kappa shape index (κ1) is 9.96. The largest absolute Gasteiger partial charge is 0.0928 e. The van der Waals surface area contributed by atoms with Gasteiger partial charge in [-0.1, -0.05) is 52.6 Å². The lowest BCUT2D eigenvalue weighted by atomic mass is 9.91. The molecule has 1 atom stereocenters. The van der Waals surface area contributed by atoms with Crippen molar-refractivity contribution >= 4 is 31.9 Å². The van der Waals surface area contributed by atoms with Gasteiger partial charge in [0.2, 0.25) is 0 Å². The standard InChI is InChI=1S/C7H14Br2/c1-7(2,3)6(9)4-5-8/h6H,4-5H2,1-3H3. The van der Waals surface area contributed by atoms with Crippen molar-refractivity contribution in [1.82, 2.24) is 0 Å². The molecule has 0 fully saturated rings. The monoisotopic (exact) mass is 256 g/mol. The van der Waals surface area contributed by atoms with Crippen LogP contribution in [0.1, 0.15) is 27.2 Å². The maximum Gasteiger partial charge on any atom is 0.0202 e. The summed E-state index contributed by atoms with van der Waals surface area (Å²) in [6, 6.07) is 0. The lowest BCUT2D eigenvalue weighted by Gasteiger charge is -2.24. The van der Waals surface area contributed by atoms with Crippen LogP contribution in [0.4, 0.5) is 0 Å². The van der Waals surface area contributed by atoms with E-state index in [-0.39, 0.29) is 0 Å². The highest BCUT2D eigenvalue weighted by atomic mass is 79.9. The topological polar surface area (TPSA) is 0 Å². The van der Waals surface area contributed by atoms with E-state index < -0.39 is 0 Å². The van der Waals surface area contributed by atoms with E-state index in [1.807, 2.05) is 0 Å². The molecule has 1 unspecified atom stereocenters. The molecule has 0 saturated heterocycles. The number of halogens is 2. The second-order valence-electron chi connectivity index (χ2n) is 3.31. The van der Waals surface area contributed by atoms with E-state index in [9.17, 15) is 0 Å². The molecular weight excluding hydrogens is 244 g/mol. The molecule has 0 aromatic heterocycles. The van der Waals surface area contributed by atoms with E-state index in [2.05, 4.69) is 52.6 Å². The van der Waals surface area contributed by atoms with Crippen molar-refractivity contribution in [2.45, 2.75) is 32.0 Å². The number of hydrogen-bond acceptors (Lipinski definition) is 0. The van der Waals surface area contributed by atoms with Gasteiger partial charge in [0, 0.05) is 10.2 Å². The molecular formula is C7H14Br2. The molecule has 0 radical (unpaired) electrons. The summed E-state index contributed by atoms with van der Waals surface area (Å²) in [5, 5.41) is 1.08. The first-order valence-corrected chi connectivity index (χ1v) is 5.22. The number of alkyl halides is 2. The Bertz CT molecular complexity index is 73.5. The summed E-state index contributed by atoms with van der Waals surface area (Å²) in [4.78, 5) is 0.629. The van der Waals surface area contributed by atoms with Gasteiger partial charge < -0.3 is 0 Å². The molecule has 0 aromatic rings. The minimum Gasteiger partial charge on any atom is -0.0928 e. The zero-order chi connectivity index (χ0) is 7.49. The number of hydrogen-bond donors (Lipinski definition) is 0. The average Bonchev–Trinajstić information content (AvgIpc) is 1.64. The Morgan fingerprint density at radius 2 is 1.78 bits per heavy atom. The third kappa shape index (κ3) is 4.38. The highest BCUT2D eigenvalue weighted by Crippen LogP contribution is 2.28. The summed E-state index contributed by atoms with van der Waals surface area (Å²) in [7, 11) is 0. The van der Waals surface area contributed by atoms with Crippen LogP contribution in [-0.4, -0.2) is 10.2 Å². The Morgan fingerprint density at radius 1 is 1.33 bits per heavy atom. The van der Waals surface area contributed by atoms with Gasteiger partial charge in [-0.3, -0.25) is 0 Å². The molecule has 0 heterocycles. The fraction of sp³-hybridized carbons (Fsp3) is 1.00. The van der Waals surface area contributed by atoms with E-state index in [1.165, 1.54) is 6.42 Å². The summed E-state index contributed by atoms with van der Waals surface area (Å²) >= 11 is 7.04. The van der Waals surface area contributed by atoms with E-state index in [0.29, 0.717) is 10.2 Å². The maximum absolute atomic E-state index is 3.63. The van der Waals surface area contributed by atoms with Crippen LogP contribution in [0.2, 0.25) is 0 Å². The normalized spacial score (nSPS) is 15.7. The summed E-state index contributed by atoms with van der Waals surface area (Å²) in [5.41, 5.74) is 0.397. The van der Waals surface area contributed by atoms with Gasteiger partial charge in [0.05, 0.1) is 0 Å². The third-order valence-electron chi connectivity index (χ3n) is 1.30. The molecule has 0 rings (SSSR count). The van der Waals surface area contributed by atoms with Crippen molar-refractivity contribution in [2.75, 3.05) is 5.33 Å². The Hall–Kier alpha value is 0.960. The molecule has 2 heteroatoms. The quantitative estimate of drug-likeness (QED) is 0.664. The lowest BCUT2D eigenvalue weighted by molar-refractivity contribution is 0.395. The maximum atomic E-state index is 3.63. The van der Waals surface area contributed by atoms with Crippen molar-refractivity contribution in [3.63, 3.8) is 0 Å². The molecule has 0 aliphatic heterocycles. The third-order valence-corrected chi connectivity index (χ3v) is 3.59. The zero-order valence-electron chi connectivity index (χ0n) is 6.25. The fourth-order valence-electron chi connectivity index (χ4n) is 0.529. The van der Waals surface area contributed by atoms with Gasteiger partial charge in [-0.05, 0) is 11.8 Å². The molecule has 0 bridgehead atoms. The summed E-state index contributed by atoms with van der Waals surface area (Å²) < 4.78 is 0. The summed E-state index contributed by atoms with van der Waals surface area (Å²) in [6.07, 6.45) is 1.20. The first-order chi connectivity index (χ1) is 3.98. The molecule has 0 amide bonds. The van der Waals surface area contributed by atoms with Gasteiger partial charge in [-0.2, -0.15) is 0 Å². The van der Waals surface area contributed by atoms with Crippen molar-refractivity contribution in [3.05, 3.63) is 0 Å². The molecule has 0 aromatic carbocycles. The summed E-state index contributed by atoms with van der Waals surface area (Å²) in [6.45, 7) is 6.74. The molecule has 0 nitrogen and oxygen atoms in total. The van der Waals surface area contributed by atoms with E-state index in [0.717, 1.165) is 5.33 Å². The Labute approximate surface area is 74.7 Å². The summed E-state index contributed by atoms with van der Waals surface area (Å²) in [5.74, 6) is 0. The van der Waals surface area contributed by atoms with Gasteiger partial charge in [0.15, 0.2) is 0 Å². The first-order valence-electron chi connectivity index (χ1n) is 3.18. The molecule has 56 valence electrons. The predicted octanol–water partition coefficient (Wildman–Crippen LogP) is 3.58. The van der Waals surface area contributed by atoms with Crippen molar-refractivity contribution in [3.8, 4) is 0 Å². The van der Waals surface area contributed by atoms with Gasteiger partial charge in [0.1, 0.15) is 0 Å². The second-order valence-corrected chi connectivity index (χ2v) is 5.21. The van der Waals surface area contributed by atoms with E-state index >= 15 is 0 Å². The van der Waals surface area contributed by atoms with Crippen LogP contribution >= 0.6 is 31.9 Å². The van der Waals surface area contributed by atoms with Crippen LogP contribution in [0.25, 0.3) is 0 Å². The molecule has 0 saturated carbocycles. The highest BCUT2D eigenvalue weighted by molar-refractivity contribution is 9.10. The second kappa shape index (κ2) is 3.97. The molecule has 9 heavy (non-hydrogen) atoms. The fourth-order valence-corrected chi connectivity index (χ4v) is 1.83. The molecule has 0 N–H and O–H groups in total. The zero-order valence-corrected chi connectivity index (χ0v) is 9.42. The van der Waals surface area contributed by atoms with Crippen LogP contribution in [0.5, 0.6) is 0 Å². The molecule has 0 aliphatic carbocycles. The number of rotatable bonds is 2. The van der Waals surface area contributed by atoms with E-state index in [1.54, 1.807) is 0 Å². The molecule has 0 spiro atoms. The van der Waals surface area contributed by atoms with Gasteiger partial charge in [-0.25, -0.2) is 0 Å². The van der Waals surface area contributed by atoms with Crippen LogP contribution in [0.15, 0.2) is 0 Å². The van der Waals surface area contributed by atoms with Gasteiger partial charge in [-0.15, -0.1) is 0 Å². The smallest absolute Gasteiger partial charge is 0.0202 e. The SMILES string of the molecule is CC(C)(C)C(Br)CCBr.